The number of rotatable bonds is 4. The van der Waals surface area contributed by atoms with Crippen molar-refractivity contribution in [2.45, 2.75) is 77.7 Å². The predicted octanol–water partition coefficient (Wildman–Crippen LogP) is 3.04. The summed E-state index contributed by atoms with van der Waals surface area (Å²) in [7, 11) is 0. The molecular formula is C26H33FO7. The average Bonchev–Trinajstić information content (AvgIpc) is 2.94. The lowest BCUT2D eigenvalue weighted by molar-refractivity contribution is -0.229. The molecule has 3 unspecified atom stereocenters. The first kappa shape index (κ1) is 24.8. The molecule has 186 valence electrons. The summed E-state index contributed by atoms with van der Waals surface area (Å²) in [6.45, 7) is 7.08. The zero-order valence-corrected chi connectivity index (χ0v) is 20.4. The van der Waals surface area contributed by atoms with Gasteiger partial charge in [0.2, 0.25) is 5.78 Å². The van der Waals surface area contributed by atoms with Crippen molar-refractivity contribution in [2.24, 2.45) is 28.6 Å². The van der Waals surface area contributed by atoms with E-state index in [0.29, 0.717) is 24.8 Å². The molecule has 0 radical (unpaired) electrons. The van der Waals surface area contributed by atoms with Gasteiger partial charge in [0.15, 0.2) is 18.1 Å². The van der Waals surface area contributed by atoms with Crippen LogP contribution in [-0.2, 0) is 28.7 Å². The quantitative estimate of drug-likeness (QED) is 0.622. The first-order valence-corrected chi connectivity index (χ1v) is 11.9. The summed E-state index contributed by atoms with van der Waals surface area (Å²) in [4.78, 5) is 48.7. The minimum atomic E-state index is -2.02. The van der Waals surface area contributed by atoms with Gasteiger partial charge in [-0.15, -0.1) is 0 Å². The van der Waals surface area contributed by atoms with Crippen LogP contribution in [0.1, 0.15) is 60.3 Å². The van der Waals surface area contributed by atoms with E-state index in [1.54, 1.807) is 26.8 Å². The topological polar surface area (TPSA) is 107 Å². The number of carbonyl (C=O) groups is 4. The van der Waals surface area contributed by atoms with Gasteiger partial charge in [-0.1, -0.05) is 25.5 Å². The van der Waals surface area contributed by atoms with E-state index in [0.717, 1.165) is 0 Å². The molecule has 0 amide bonds. The zero-order valence-electron chi connectivity index (χ0n) is 20.4. The monoisotopic (exact) mass is 476 g/mol. The van der Waals surface area contributed by atoms with Crippen LogP contribution in [0, 0.1) is 28.6 Å². The Kier molecular flexibility index (Phi) is 5.71. The number of halogens is 1. The molecule has 3 saturated carbocycles. The summed E-state index contributed by atoms with van der Waals surface area (Å²) >= 11 is 0. The van der Waals surface area contributed by atoms with Crippen molar-refractivity contribution in [2.75, 3.05) is 6.61 Å². The molecule has 0 aromatic heterocycles. The molecule has 8 heteroatoms. The van der Waals surface area contributed by atoms with Crippen molar-refractivity contribution in [3.63, 3.8) is 0 Å². The number of hydrogen-bond acceptors (Lipinski definition) is 7. The van der Waals surface area contributed by atoms with Gasteiger partial charge in [0.1, 0.15) is 11.7 Å². The van der Waals surface area contributed by atoms with Crippen molar-refractivity contribution in [1.82, 2.24) is 0 Å². The molecule has 0 saturated heterocycles. The van der Waals surface area contributed by atoms with Gasteiger partial charge in [-0.05, 0) is 56.6 Å². The number of ketones is 2. The van der Waals surface area contributed by atoms with E-state index in [9.17, 15) is 24.3 Å². The highest BCUT2D eigenvalue weighted by Gasteiger charge is 2.76. The Labute approximate surface area is 198 Å². The van der Waals surface area contributed by atoms with Crippen LogP contribution in [0.25, 0.3) is 0 Å². The van der Waals surface area contributed by atoms with Crippen molar-refractivity contribution in [1.29, 1.82) is 0 Å². The fourth-order valence-electron chi connectivity index (χ4n) is 7.71. The molecule has 34 heavy (non-hydrogen) atoms. The Hall–Kier alpha value is -2.35. The molecule has 3 fully saturated rings. The summed E-state index contributed by atoms with van der Waals surface area (Å²) in [6.07, 6.45) is 4.43. The molecule has 7 nitrogen and oxygen atoms in total. The fourth-order valence-corrected chi connectivity index (χ4v) is 7.71. The number of Topliss-reactive ketones (excluding diaryl/α,β-unsaturated/α-hetero) is 1. The Morgan fingerprint density at radius 1 is 1.18 bits per heavy atom. The van der Waals surface area contributed by atoms with Gasteiger partial charge in [0.25, 0.3) is 0 Å². The van der Waals surface area contributed by atoms with Gasteiger partial charge in [-0.3, -0.25) is 19.2 Å². The van der Waals surface area contributed by atoms with Crippen LogP contribution in [0.4, 0.5) is 4.39 Å². The Balaban J connectivity index is 1.83. The maximum absolute atomic E-state index is 17.6. The van der Waals surface area contributed by atoms with Crippen LogP contribution >= 0.6 is 0 Å². The molecule has 0 heterocycles. The summed E-state index contributed by atoms with van der Waals surface area (Å²) in [5, 5.41) is 11.9. The number of ether oxygens (including phenoxy) is 2. The lowest BCUT2D eigenvalue weighted by atomic mass is 9.44. The van der Waals surface area contributed by atoms with Gasteiger partial charge in [0.05, 0.1) is 0 Å². The maximum Gasteiger partial charge on any atom is 0.303 e. The highest BCUT2D eigenvalue weighted by molar-refractivity contribution is 6.01. The average molecular weight is 477 g/mol. The number of esters is 2. The summed E-state index contributed by atoms with van der Waals surface area (Å²) in [5.41, 5.74) is -5.48. The SMILES string of the molecule is CC(=O)OCC(=O)[C@@]1(O)[C@H](C)CC2C3CCC4=CC(=O)C=C[C@]4(C)[C@@]3(F)C(OC(C)=O)C[C@@]21C. The van der Waals surface area contributed by atoms with E-state index >= 15 is 4.39 Å². The number of carbonyl (C=O) groups excluding carboxylic acids is 4. The second-order valence-electron chi connectivity index (χ2n) is 11.0. The van der Waals surface area contributed by atoms with Crippen LogP contribution in [0.3, 0.4) is 0 Å². The van der Waals surface area contributed by atoms with E-state index in [-0.39, 0.29) is 18.1 Å². The molecule has 0 bridgehead atoms. The van der Waals surface area contributed by atoms with Gasteiger partial charge in [-0.2, -0.15) is 0 Å². The van der Waals surface area contributed by atoms with Crippen molar-refractivity contribution >= 4 is 23.5 Å². The number of alkyl halides is 1. The third-order valence-electron chi connectivity index (χ3n) is 9.34. The fraction of sp³-hybridized carbons (Fsp3) is 0.692. The molecule has 0 aromatic carbocycles. The molecule has 0 spiro atoms. The first-order chi connectivity index (χ1) is 15.7. The number of aliphatic hydroxyl groups is 1. The van der Waals surface area contributed by atoms with E-state index in [2.05, 4.69) is 0 Å². The standard InChI is InChI=1S/C26H33FO7/c1-14-10-20-19-7-6-17-11-18(30)8-9-23(17,4)25(19,27)22(34-16(3)29)12-24(20,5)26(14,32)21(31)13-33-15(2)28/h8-9,11,14,19-20,22,32H,6-7,10,12-13H2,1-5H3/t14-,19?,20?,22?,23+,24+,25+,26+/m1/s1. The van der Waals surface area contributed by atoms with Gasteiger partial charge < -0.3 is 14.6 Å². The number of fused-ring (bicyclic) bond motifs is 5. The van der Waals surface area contributed by atoms with Crippen LogP contribution in [0.15, 0.2) is 23.8 Å². The Bertz CT molecular complexity index is 1020. The van der Waals surface area contributed by atoms with Crippen molar-refractivity contribution in [3.05, 3.63) is 23.8 Å². The van der Waals surface area contributed by atoms with Gasteiger partial charge >= 0.3 is 11.9 Å². The largest absolute Gasteiger partial charge is 0.459 e. The van der Waals surface area contributed by atoms with Gasteiger partial charge in [-0.25, -0.2) is 4.39 Å². The predicted molar refractivity (Wildman–Crippen MR) is 119 cm³/mol. The zero-order chi connectivity index (χ0) is 25.3. The lowest BCUT2D eigenvalue weighted by Crippen LogP contribution is -2.70. The normalized spacial score (nSPS) is 44.9. The van der Waals surface area contributed by atoms with E-state index in [1.165, 1.54) is 26.0 Å². The third kappa shape index (κ3) is 3.10. The number of allylic oxidation sites excluding steroid dienone is 4. The van der Waals surface area contributed by atoms with E-state index in [1.807, 2.05) is 0 Å². The summed E-state index contributed by atoms with van der Waals surface area (Å²) < 4.78 is 28.1. The first-order valence-electron chi connectivity index (χ1n) is 11.9. The molecule has 4 rings (SSSR count). The smallest absolute Gasteiger partial charge is 0.303 e. The molecular weight excluding hydrogens is 443 g/mol. The Morgan fingerprint density at radius 2 is 1.85 bits per heavy atom. The molecule has 1 N–H and O–H groups in total. The molecule has 8 atom stereocenters. The second-order valence-corrected chi connectivity index (χ2v) is 11.0. The van der Waals surface area contributed by atoms with Gasteiger partial charge in [0, 0.05) is 30.6 Å². The number of hydrogen-bond donors (Lipinski definition) is 1. The third-order valence-corrected chi connectivity index (χ3v) is 9.34. The summed E-state index contributed by atoms with van der Waals surface area (Å²) in [5.74, 6) is -3.62. The van der Waals surface area contributed by atoms with Crippen LogP contribution < -0.4 is 0 Å². The minimum Gasteiger partial charge on any atom is -0.459 e. The molecule has 4 aliphatic rings. The van der Waals surface area contributed by atoms with Crippen LogP contribution in [0.5, 0.6) is 0 Å². The maximum atomic E-state index is 17.6. The molecule has 4 aliphatic carbocycles. The van der Waals surface area contributed by atoms with Crippen LogP contribution in [-0.4, -0.2) is 52.6 Å². The lowest BCUT2D eigenvalue weighted by Gasteiger charge is -2.63. The van der Waals surface area contributed by atoms with Crippen LogP contribution in [0.2, 0.25) is 0 Å². The molecule has 0 aliphatic heterocycles. The molecule has 0 aromatic rings. The highest BCUT2D eigenvalue weighted by atomic mass is 19.1. The van der Waals surface area contributed by atoms with Crippen molar-refractivity contribution in [3.8, 4) is 0 Å². The highest BCUT2D eigenvalue weighted by Crippen LogP contribution is 2.71. The van der Waals surface area contributed by atoms with E-state index in [4.69, 9.17) is 9.47 Å². The summed E-state index contributed by atoms with van der Waals surface area (Å²) in [6, 6.07) is 0. The minimum absolute atomic E-state index is 0.0679. The van der Waals surface area contributed by atoms with Crippen molar-refractivity contribution < 1.29 is 38.1 Å². The second kappa shape index (κ2) is 7.83. The van der Waals surface area contributed by atoms with E-state index < -0.39 is 64.4 Å². The Morgan fingerprint density at radius 3 is 2.47 bits per heavy atom.